The molecule has 2 aromatic rings. The first-order chi connectivity index (χ1) is 7.33. The summed E-state index contributed by atoms with van der Waals surface area (Å²) >= 11 is 0. The minimum absolute atomic E-state index is 0.733. The highest BCUT2D eigenvalue weighted by Gasteiger charge is 2.04. The first-order valence-corrected chi connectivity index (χ1v) is 4.78. The predicted molar refractivity (Wildman–Crippen MR) is 59.8 cm³/mol. The average Bonchev–Trinajstić information content (AvgIpc) is 2.30. The molecule has 15 heavy (non-hydrogen) atoms. The number of aldehydes is 1. The molecule has 0 amide bonds. The molecular weight excluding hydrogens is 186 g/mol. The summed E-state index contributed by atoms with van der Waals surface area (Å²) in [7, 11) is 0. The maximum Gasteiger partial charge on any atom is 0.150 e. The van der Waals surface area contributed by atoms with Crippen molar-refractivity contribution in [2.24, 2.45) is 0 Å². The Morgan fingerprint density at radius 2 is 2.07 bits per heavy atom. The molecule has 1 aromatic heterocycles. The first kappa shape index (κ1) is 9.59. The van der Waals surface area contributed by atoms with Crippen molar-refractivity contribution in [1.82, 2.24) is 4.98 Å². The van der Waals surface area contributed by atoms with E-state index in [1.807, 2.05) is 37.3 Å². The first-order valence-electron chi connectivity index (χ1n) is 4.78. The molecular formula is C13H11NO. The van der Waals surface area contributed by atoms with Gasteiger partial charge < -0.3 is 0 Å². The van der Waals surface area contributed by atoms with Crippen LogP contribution in [0.4, 0.5) is 0 Å². The molecule has 0 aliphatic rings. The summed E-state index contributed by atoms with van der Waals surface area (Å²) in [5.74, 6) is 0. The van der Waals surface area contributed by atoms with E-state index in [1.54, 1.807) is 12.4 Å². The van der Waals surface area contributed by atoms with Crippen molar-refractivity contribution >= 4 is 6.29 Å². The smallest absolute Gasteiger partial charge is 0.150 e. The number of carbonyl (C=O) groups excluding carboxylic acids is 1. The Labute approximate surface area is 88.6 Å². The van der Waals surface area contributed by atoms with Crippen LogP contribution in [0.3, 0.4) is 0 Å². The summed E-state index contributed by atoms with van der Waals surface area (Å²) in [5, 5.41) is 0. The van der Waals surface area contributed by atoms with E-state index in [9.17, 15) is 4.79 Å². The van der Waals surface area contributed by atoms with Crippen LogP contribution in [0.5, 0.6) is 0 Å². The third kappa shape index (κ3) is 1.79. The zero-order valence-electron chi connectivity index (χ0n) is 8.47. The number of rotatable bonds is 2. The van der Waals surface area contributed by atoms with Crippen LogP contribution in [0.25, 0.3) is 11.1 Å². The van der Waals surface area contributed by atoms with E-state index in [1.165, 1.54) is 0 Å². The Bertz CT molecular complexity index is 477. The van der Waals surface area contributed by atoms with E-state index in [0.717, 1.165) is 28.5 Å². The minimum atomic E-state index is 0.733. The zero-order chi connectivity index (χ0) is 10.7. The van der Waals surface area contributed by atoms with Crippen molar-refractivity contribution in [3.63, 3.8) is 0 Å². The number of carbonyl (C=O) groups is 1. The van der Waals surface area contributed by atoms with Gasteiger partial charge in [-0.2, -0.15) is 0 Å². The fraction of sp³-hybridized carbons (Fsp3) is 0.0769. The highest BCUT2D eigenvalue weighted by Crippen LogP contribution is 2.23. The highest BCUT2D eigenvalue weighted by molar-refractivity contribution is 5.82. The van der Waals surface area contributed by atoms with E-state index in [-0.39, 0.29) is 0 Å². The van der Waals surface area contributed by atoms with E-state index >= 15 is 0 Å². The lowest BCUT2D eigenvalue weighted by molar-refractivity contribution is 0.112. The standard InChI is InChI=1S/C13H11NO/c1-10-12(9-15)4-2-6-13(10)11-5-3-7-14-8-11/h2-9H,1H3. The lowest BCUT2D eigenvalue weighted by atomic mass is 9.98. The predicted octanol–water partition coefficient (Wildman–Crippen LogP) is 2.87. The number of aromatic nitrogens is 1. The Morgan fingerprint density at radius 3 is 2.73 bits per heavy atom. The summed E-state index contributed by atoms with van der Waals surface area (Å²) < 4.78 is 0. The van der Waals surface area contributed by atoms with E-state index in [4.69, 9.17) is 0 Å². The minimum Gasteiger partial charge on any atom is -0.298 e. The van der Waals surface area contributed by atoms with Crippen molar-refractivity contribution in [3.05, 3.63) is 53.9 Å². The van der Waals surface area contributed by atoms with Gasteiger partial charge in [0.05, 0.1) is 0 Å². The number of pyridine rings is 1. The monoisotopic (exact) mass is 197 g/mol. The van der Waals surface area contributed by atoms with Crippen molar-refractivity contribution in [1.29, 1.82) is 0 Å². The van der Waals surface area contributed by atoms with Crippen LogP contribution in [0.2, 0.25) is 0 Å². The zero-order valence-corrected chi connectivity index (χ0v) is 8.47. The molecule has 74 valence electrons. The molecule has 0 unspecified atom stereocenters. The normalized spacial score (nSPS) is 9.93. The third-order valence-electron chi connectivity index (χ3n) is 2.48. The second kappa shape index (κ2) is 4.05. The SMILES string of the molecule is Cc1c(C=O)cccc1-c1cccnc1. The van der Waals surface area contributed by atoms with Gasteiger partial charge in [-0.3, -0.25) is 9.78 Å². The van der Waals surface area contributed by atoms with Gasteiger partial charge in [-0.25, -0.2) is 0 Å². The summed E-state index contributed by atoms with van der Waals surface area (Å²) in [6.45, 7) is 1.95. The van der Waals surface area contributed by atoms with Crippen LogP contribution in [-0.2, 0) is 0 Å². The Balaban J connectivity index is 2.59. The van der Waals surface area contributed by atoms with Gasteiger partial charge in [0.25, 0.3) is 0 Å². The summed E-state index contributed by atoms with van der Waals surface area (Å²) in [4.78, 5) is 14.9. The van der Waals surface area contributed by atoms with Crippen molar-refractivity contribution in [2.75, 3.05) is 0 Å². The van der Waals surface area contributed by atoms with Crippen molar-refractivity contribution < 1.29 is 4.79 Å². The molecule has 0 bridgehead atoms. The molecule has 2 rings (SSSR count). The molecule has 0 aliphatic carbocycles. The van der Waals surface area contributed by atoms with Crippen molar-refractivity contribution in [3.8, 4) is 11.1 Å². The molecule has 0 aliphatic heterocycles. The quantitative estimate of drug-likeness (QED) is 0.693. The lowest BCUT2D eigenvalue weighted by Crippen LogP contribution is -1.90. The third-order valence-corrected chi connectivity index (χ3v) is 2.48. The van der Waals surface area contributed by atoms with Crippen LogP contribution >= 0.6 is 0 Å². The number of hydrogen-bond acceptors (Lipinski definition) is 2. The lowest BCUT2D eigenvalue weighted by Gasteiger charge is -2.06. The topological polar surface area (TPSA) is 30.0 Å². The van der Waals surface area contributed by atoms with Gasteiger partial charge in [-0.15, -0.1) is 0 Å². The molecule has 1 aromatic carbocycles. The van der Waals surface area contributed by atoms with Crippen LogP contribution in [0, 0.1) is 6.92 Å². The summed E-state index contributed by atoms with van der Waals surface area (Å²) in [6.07, 6.45) is 4.43. The fourth-order valence-corrected chi connectivity index (χ4v) is 1.62. The maximum atomic E-state index is 10.8. The molecule has 2 heteroatoms. The number of nitrogens with zero attached hydrogens (tertiary/aromatic N) is 1. The van der Waals surface area contributed by atoms with E-state index in [2.05, 4.69) is 4.98 Å². The molecule has 0 N–H and O–H groups in total. The van der Waals surface area contributed by atoms with Crippen LogP contribution < -0.4 is 0 Å². The van der Waals surface area contributed by atoms with Crippen molar-refractivity contribution in [2.45, 2.75) is 6.92 Å². The van der Waals surface area contributed by atoms with E-state index in [0.29, 0.717) is 0 Å². The summed E-state index contributed by atoms with van der Waals surface area (Å²) in [5.41, 5.74) is 3.84. The molecule has 1 heterocycles. The molecule has 0 fully saturated rings. The van der Waals surface area contributed by atoms with Gasteiger partial charge in [0.1, 0.15) is 6.29 Å². The van der Waals surface area contributed by atoms with Crippen LogP contribution in [0.1, 0.15) is 15.9 Å². The molecule has 0 saturated heterocycles. The van der Waals surface area contributed by atoms with Gasteiger partial charge in [-0.1, -0.05) is 24.3 Å². The van der Waals surface area contributed by atoms with Gasteiger partial charge in [0.2, 0.25) is 0 Å². The average molecular weight is 197 g/mol. The number of benzene rings is 1. The molecule has 0 atom stereocenters. The second-order valence-corrected chi connectivity index (χ2v) is 3.38. The van der Waals surface area contributed by atoms with Gasteiger partial charge in [-0.05, 0) is 24.1 Å². The van der Waals surface area contributed by atoms with Crippen LogP contribution in [-0.4, -0.2) is 11.3 Å². The van der Waals surface area contributed by atoms with E-state index < -0.39 is 0 Å². The second-order valence-electron chi connectivity index (χ2n) is 3.38. The molecule has 0 radical (unpaired) electrons. The summed E-state index contributed by atoms with van der Waals surface area (Å²) in [6, 6.07) is 9.59. The van der Waals surface area contributed by atoms with Gasteiger partial charge >= 0.3 is 0 Å². The number of hydrogen-bond donors (Lipinski definition) is 0. The Morgan fingerprint density at radius 1 is 1.20 bits per heavy atom. The molecule has 0 saturated carbocycles. The molecule has 2 nitrogen and oxygen atoms in total. The van der Waals surface area contributed by atoms with Crippen LogP contribution in [0.15, 0.2) is 42.7 Å². The van der Waals surface area contributed by atoms with Gasteiger partial charge in [0.15, 0.2) is 0 Å². The largest absolute Gasteiger partial charge is 0.298 e. The Kier molecular flexibility index (Phi) is 2.59. The highest BCUT2D eigenvalue weighted by atomic mass is 16.1. The van der Waals surface area contributed by atoms with Gasteiger partial charge in [0, 0.05) is 23.5 Å². The Hall–Kier alpha value is -1.96. The molecule has 0 spiro atoms. The fourth-order valence-electron chi connectivity index (χ4n) is 1.62. The maximum absolute atomic E-state index is 10.8.